The lowest BCUT2D eigenvalue weighted by Gasteiger charge is -2.07. The summed E-state index contributed by atoms with van der Waals surface area (Å²) in [6, 6.07) is 7.00. The fraction of sp³-hybridized carbons (Fsp3) is 0.0833. The summed E-state index contributed by atoms with van der Waals surface area (Å²) in [5, 5.41) is 2.27. The van der Waals surface area contributed by atoms with E-state index in [1.807, 2.05) is 0 Å². The Balaban J connectivity index is 2.48. The average Bonchev–Trinajstić information content (AvgIpc) is 2.74. The second kappa shape index (κ2) is 5.21. The molecule has 1 aromatic heterocycles. The number of rotatable bonds is 3. The molecule has 88 valence electrons. The van der Waals surface area contributed by atoms with E-state index in [1.165, 1.54) is 18.4 Å². The van der Waals surface area contributed by atoms with E-state index in [0.29, 0.717) is 21.2 Å². The van der Waals surface area contributed by atoms with Crippen molar-refractivity contribution in [2.24, 2.45) is 0 Å². The number of thiophene rings is 1. The minimum Gasteiger partial charge on any atom is -0.496 e. The van der Waals surface area contributed by atoms with Crippen LogP contribution >= 0.6 is 38.9 Å². The number of hydrogen-bond acceptors (Lipinski definition) is 3. The molecule has 0 aliphatic carbocycles. The molecule has 0 aliphatic rings. The highest BCUT2D eigenvalue weighted by molar-refractivity contribution is 9.10. The molecular weight excluding hydrogens is 324 g/mol. The Labute approximate surface area is 116 Å². The average molecular weight is 332 g/mol. The molecule has 0 aliphatic heterocycles. The number of hydrogen-bond donors (Lipinski definition) is 0. The zero-order valence-corrected chi connectivity index (χ0v) is 12.0. The van der Waals surface area contributed by atoms with Crippen LogP contribution in [0.25, 0.3) is 0 Å². The predicted octanol–water partition coefficient (Wildman–Crippen LogP) is 4.40. The predicted molar refractivity (Wildman–Crippen MR) is 73.5 cm³/mol. The van der Waals surface area contributed by atoms with Crippen molar-refractivity contribution in [2.45, 2.75) is 0 Å². The first-order valence-electron chi connectivity index (χ1n) is 4.74. The molecule has 0 saturated heterocycles. The molecule has 1 aromatic carbocycles. The van der Waals surface area contributed by atoms with E-state index >= 15 is 0 Å². The number of methoxy groups -OCH3 is 1. The Kier molecular flexibility index (Phi) is 3.86. The summed E-state index contributed by atoms with van der Waals surface area (Å²) in [6.07, 6.45) is 0. The van der Waals surface area contributed by atoms with Gasteiger partial charge in [-0.05, 0) is 29.6 Å². The Hall–Kier alpha value is -0.840. The number of carbonyl (C=O) groups excluding carboxylic acids is 1. The van der Waals surface area contributed by atoms with Crippen molar-refractivity contribution < 1.29 is 9.53 Å². The van der Waals surface area contributed by atoms with Crippen molar-refractivity contribution in [1.82, 2.24) is 0 Å². The van der Waals surface area contributed by atoms with E-state index in [4.69, 9.17) is 16.3 Å². The third-order valence-electron chi connectivity index (χ3n) is 2.23. The van der Waals surface area contributed by atoms with Gasteiger partial charge >= 0.3 is 0 Å². The van der Waals surface area contributed by atoms with Crippen molar-refractivity contribution in [1.29, 1.82) is 0 Å². The molecule has 2 rings (SSSR count). The topological polar surface area (TPSA) is 26.3 Å². The van der Waals surface area contributed by atoms with Gasteiger partial charge in [0.2, 0.25) is 5.78 Å². The van der Waals surface area contributed by atoms with Gasteiger partial charge in [-0.15, -0.1) is 11.3 Å². The van der Waals surface area contributed by atoms with E-state index in [0.717, 1.165) is 4.47 Å². The van der Waals surface area contributed by atoms with Crippen molar-refractivity contribution in [3.8, 4) is 5.75 Å². The third-order valence-corrected chi connectivity index (χ3v) is 4.07. The van der Waals surface area contributed by atoms with E-state index in [-0.39, 0.29) is 5.78 Å². The van der Waals surface area contributed by atoms with Crippen LogP contribution in [0.3, 0.4) is 0 Å². The molecule has 0 saturated carbocycles. The summed E-state index contributed by atoms with van der Waals surface area (Å²) >= 11 is 10.6. The lowest BCUT2D eigenvalue weighted by molar-refractivity contribution is 0.103. The van der Waals surface area contributed by atoms with E-state index < -0.39 is 0 Å². The molecule has 0 amide bonds. The van der Waals surface area contributed by atoms with E-state index in [2.05, 4.69) is 15.9 Å². The lowest BCUT2D eigenvalue weighted by atomic mass is 10.1. The fourth-order valence-corrected chi connectivity index (χ4v) is 2.87. The van der Waals surface area contributed by atoms with Crippen molar-refractivity contribution in [2.75, 3.05) is 7.11 Å². The summed E-state index contributed by atoms with van der Waals surface area (Å²) in [7, 11) is 1.54. The minimum absolute atomic E-state index is 0.116. The first-order valence-corrected chi connectivity index (χ1v) is 6.79. The number of benzene rings is 1. The van der Waals surface area contributed by atoms with Crippen LogP contribution in [-0.2, 0) is 0 Å². The standard InChI is InChI=1S/C12H8BrClO2S/c1-16-10-6-7(13)2-3-8(10)11(15)12-9(14)4-5-17-12/h2-6H,1H3. The molecule has 0 radical (unpaired) electrons. The van der Waals surface area contributed by atoms with Crippen LogP contribution in [-0.4, -0.2) is 12.9 Å². The van der Waals surface area contributed by atoms with E-state index in [1.54, 1.807) is 29.6 Å². The number of ether oxygens (including phenoxy) is 1. The van der Waals surface area contributed by atoms with Crippen LogP contribution in [0.4, 0.5) is 0 Å². The molecule has 0 unspecified atom stereocenters. The van der Waals surface area contributed by atoms with Gasteiger partial charge in [0.05, 0.1) is 22.6 Å². The van der Waals surface area contributed by atoms with Gasteiger partial charge in [-0.1, -0.05) is 27.5 Å². The maximum absolute atomic E-state index is 12.2. The summed E-state index contributed by atoms with van der Waals surface area (Å²) in [6.45, 7) is 0. The highest BCUT2D eigenvalue weighted by Gasteiger charge is 2.18. The van der Waals surface area contributed by atoms with Gasteiger partial charge < -0.3 is 4.74 Å². The van der Waals surface area contributed by atoms with Crippen LogP contribution in [0.5, 0.6) is 5.75 Å². The highest BCUT2D eigenvalue weighted by Crippen LogP contribution is 2.30. The summed E-state index contributed by atoms with van der Waals surface area (Å²) in [5.41, 5.74) is 0.514. The molecule has 2 nitrogen and oxygen atoms in total. The second-order valence-corrected chi connectivity index (χ2v) is 5.51. The van der Waals surface area contributed by atoms with Gasteiger partial charge in [0.25, 0.3) is 0 Å². The first-order chi connectivity index (χ1) is 8.13. The highest BCUT2D eigenvalue weighted by atomic mass is 79.9. The summed E-state index contributed by atoms with van der Waals surface area (Å²) in [4.78, 5) is 12.8. The first kappa shape index (κ1) is 12.6. The maximum atomic E-state index is 12.2. The van der Waals surface area contributed by atoms with Gasteiger partial charge in [-0.2, -0.15) is 0 Å². The molecule has 0 bridgehead atoms. The third kappa shape index (κ3) is 2.54. The molecule has 0 atom stereocenters. The zero-order chi connectivity index (χ0) is 12.4. The SMILES string of the molecule is COc1cc(Br)ccc1C(=O)c1sccc1Cl. The number of ketones is 1. The Bertz CT molecular complexity index is 565. The molecule has 5 heteroatoms. The summed E-state index contributed by atoms with van der Waals surface area (Å²) < 4.78 is 6.06. The van der Waals surface area contributed by atoms with Crippen LogP contribution < -0.4 is 4.74 Å². The minimum atomic E-state index is -0.116. The monoisotopic (exact) mass is 330 g/mol. The number of halogens is 2. The molecule has 2 aromatic rings. The maximum Gasteiger partial charge on any atom is 0.208 e. The quantitative estimate of drug-likeness (QED) is 0.779. The largest absolute Gasteiger partial charge is 0.496 e. The molecule has 0 N–H and O–H groups in total. The smallest absolute Gasteiger partial charge is 0.208 e. The van der Waals surface area contributed by atoms with Crippen LogP contribution in [0.1, 0.15) is 15.2 Å². The van der Waals surface area contributed by atoms with Crippen molar-refractivity contribution in [3.05, 3.63) is 49.6 Å². The Morgan fingerprint density at radius 1 is 1.41 bits per heavy atom. The Morgan fingerprint density at radius 3 is 2.76 bits per heavy atom. The van der Waals surface area contributed by atoms with Gasteiger partial charge in [0, 0.05) is 4.47 Å². The Morgan fingerprint density at radius 2 is 2.18 bits per heavy atom. The lowest BCUT2D eigenvalue weighted by Crippen LogP contribution is -2.02. The van der Waals surface area contributed by atoms with Gasteiger partial charge in [-0.3, -0.25) is 4.79 Å². The summed E-state index contributed by atoms with van der Waals surface area (Å²) in [5.74, 6) is 0.420. The molecule has 0 spiro atoms. The van der Waals surface area contributed by atoms with E-state index in [9.17, 15) is 4.79 Å². The van der Waals surface area contributed by atoms with Crippen LogP contribution in [0.15, 0.2) is 34.1 Å². The van der Waals surface area contributed by atoms with Gasteiger partial charge in [-0.25, -0.2) is 0 Å². The van der Waals surface area contributed by atoms with Gasteiger partial charge in [0.15, 0.2) is 0 Å². The van der Waals surface area contributed by atoms with Gasteiger partial charge in [0.1, 0.15) is 5.75 Å². The van der Waals surface area contributed by atoms with Crippen molar-refractivity contribution in [3.63, 3.8) is 0 Å². The van der Waals surface area contributed by atoms with Crippen LogP contribution in [0, 0.1) is 0 Å². The molecule has 0 fully saturated rings. The fourth-order valence-electron chi connectivity index (χ4n) is 1.43. The molecular formula is C12H8BrClO2S. The van der Waals surface area contributed by atoms with Crippen molar-refractivity contribution >= 4 is 44.7 Å². The zero-order valence-electron chi connectivity index (χ0n) is 8.87. The number of carbonyl (C=O) groups is 1. The molecule has 1 heterocycles. The molecule has 17 heavy (non-hydrogen) atoms. The second-order valence-electron chi connectivity index (χ2n) is 3.27. The van der Waals surface area contributed by atoms with Crippen LogP contribution in [0.2, 0.25) is 5.02 Å². The normalized spacial score (nSPS) is 10.3.